The number of aryl methyl sites for hydroxylation is 1. The van der Waals surface area contributed by atoms with Crippen molar-refractivity contribution in [3.05, 3.63) is 65.6 Å². The molecule has 4 heterocycles. The number of hydrogen-bond acceptors (Lipinski definition) is 11. The molecule has 0 bridgehead atoms. The van der Waals surface area contributed by atoms with Gasteiger partial charge in [0.05, 0.1) is 51.7 Å². The van der Waals surface area contributed by atoms with Crippen molar-refractivity contribution in [1.82, 2.24) is 34.7 Å². The number of thiazole rings is 1. The number of fused-ring (bicyclic) bond motifs is 1. The second-order valence-electron chi connectivity index (χ2n) is 10.0. The van der Waals surface area contributed by atoms with Crippen LogP contribution < -0.4 is 4.31 Å². The van der Waals surface area contributed by atoms with E-state index in [0.717, 1.165) is 31.5 Å². The van der Waals surface area contributed by atoms with Gasteiger partial charge in [0.2, 0.25) is 10.0 Å². The van der Waals surface area contributed by atoms with Crippen LogP contribution in [0, 0.1) is 12.7 Å². The van der Waals surface area contributed by atoms with Gasteiger partial charge in [0.25, 0.3) is 0 Å². The number of halogens is 1. The molecule has 3 aromatic heterocycles. The van der Waals surface area contributed by atoms with Gasteiger partial charge < -0.3 is 14.9 Å². The lowest BCUT2D eigenvalue weighted by atomic mass is 9.95. The molecule has 1 aliphatic heterocycles. The molecule has 0 spiro atoms. The van der Waals surface area contributed by atoms with Crippen molar-refractivity contribution in [2.75, 3.05) is 24.2 Å². The molecule has 13 nitrogen and oxygen atoms in total. The highest BCUT2D eigenvalue weighted by molar-refractivity contribution is 7.92. The molecule has 1 aliphatic rings. The third-order valence-electron chi connectivity index (χ3n) is 7.27. The number of ether oxygens (including phenoxy) is 1. The first-order chi connectivity index (χ1) is 20.0. The van der Waals surface area contributed by atoms with Gasteiger partial charge in [-0.15, -0.1) is 16.4 Å². The van der Waals surface area contributed by atoms with Gasteiger partial charge in [-0.3, -0.25) is 4.31 Å². The molecule has 220 valence electrons. The summed E-state index contributed by atoms with van der Waals surface area (Å²) in [6, 6.07) is 9.17. The summed E-state index contributed by atoms with van der Waals surface area (Å²) < 4.78 is 49.6. The quantitative estimate of drug-likeness (QED) is 0.279. The van der Waals surface area contributed by atoms with Gasteiger partial charge in [0.1, 0.15) is 36.2 Å². The van der Waals surface area contributed by atoms with Crippen LogP contribution in [-0.4, -0.2) is 85.5 Å². The Labute approximate surface area is 243 Å². The Morgan fingerprint density at radius 3 is 2.79 bits per heavy atom. The van der Waals surface area contributed by atoms with Crippen LogP contribution in [0.3, 0.4) is 0 Å². The standard InChI is InChI=1S/C26H27FN8O5S2/c1-14-30-18-6-5-16(9-24(18)41-14)35-26(28-13-29-35)22-10-21(25(37)23(12-36)40-22)34-11-19(31-32-34)15-4-7-20(17(27)8-15)33(2)42(3,38)39/h4-9,11,13,21-23,25,36-37H,10,12H2,1-3H3/t21-,22-,23-,25-/m1/s1. The first-order valence-corrected chi connectivity index (χ1v) is 15.6. The predicted molar refractivity (Wildman–Crippen MR) is 152 cm³/mol. The molecule has 0 aliphatic carbocycles. The molecule has 1 fully saturated rings. The van der Waals surface area contributed by atoms with Crippen LogP contribution in [0.5, 0.6) is 0 Å². The van der Waals surface area contributed by atoms with Gasteiger partial charge in [-0.2, -0.15) is 5.10 Å². The smallest absolute Gasteiger partial charge is 0.232 e. The minimum Gasteiger partial charge on any atom is -0.394 e. The molecule has 16 heteroatoms. The number of aliphatic hydroxyl groups is 2. The largest absolute Gasteiger partial charge is 0.394 e. The van der Waals surface area contributed by atoms with Gasteiger partial charge in [-0.25, -0.2) is 32.1 Å². The van der Waals surface area contributed by atoms with E-state index in [1.165, 1.54) is 36.3 Å². The zero-order valence-electron chi connectivity index (χ0n) is 22.7. The van der Waals surface area contributed by atoms with E-state index in [0.29, 0.717) is 17.1 Å². The summed E-state index contributed by atoms with van der Waals surface area (Å²) in [4.78, 5) is 8.94. The van der Waals surface area contributed by atoms with Crippen molar-refractivity contribution in [2.45, 2.75) is 37.7 Å². The number of benzene rings is 2. The molecule has 42 heavy (non-hydrogen) atoms. The van der Waals surface area contributed by atoms with E-state index in [4.69, 9.17) is 4.74 Å². The van der Waals surface area contributed by atoms with Gasteiger partial charge in [-0.05, 0) is 37.3 Å². The molecule has 0 unspecified atom stereocenters. The van der Waals surface area contributed by atoms with Crippen molar-refractivity contribution in [3.8, 4) is 16.9 Å². The summed E-state index contributed by atoms with van der Waals surface area (Å²) in [5, 5.41) is 34.8. The SMILES string of the molecule is Cc1nc2ccc(-n3ncnc3[C@H]3C[C@@H](n4cc(-c5ccc(N(C)S(C)(=O)=O)c(F)c5)nn4)[C@@H](O)[C@@H](CO)O3)cc2s1. The average Bonchev–Trinajstić information content (AvgIpc) is 3.71. The Hall–Kier alpha value is -3.83. The fourth-order valence-corrected chi connectivity index (χ4v) is 6.40. The molecular formula is C26H27FN8O5S2. The Bertz CT molecular complexity index is 1870. The van der Waals surface area contributed by atoms with E-state index in [9.17, 15) is 23.0 Å². The molecule has 0 saturated carbocycles. The van der Waals surface area contributed by atoms with Crippen molar-refractivity contribution in [3.63, 3.8) is 0 Å². The number of aliphatic hydroxyl groups excluding tert-OH is 2. The fourth-order valence-electron chi connectivity index (χ4n) is 5.04. The Morgan fingerprint density at radius 1 is 1.24 bits per heavy atom. The van der Waals surface area contributed by atoms with Crippen molar-refractivity contribution in [2.24, 2.45) is 0 Å². The molecule has 2 N–H and O–H groups in total. The van der Waals surface area contributed by atoms with Crippen LogP contribution in [-0.2, 0) is 14.8 Å². The monoisotopic (exact) mass is 614 g/mol. The molecule has 4 atom stereocenters. The number of aromatic nitrogens is 7. The first-order valence-electron chi connectivity index (χ1n) is 12.9. The second kappa shape index (κ2) is 10.8. The van der Waals surface area contributed by atoms with Crippen molar-refractivity contribution in [1.29, 1.82) is 0 Å². The van der Waals surface area contributed by atoms with Gasteiger partial charge in [-0.1, -0.05) is 11.3 Å². The molecule has 1 saturated heterocycles. The highest BCUT2D eigenvalue weighted by atomic mass is 32.2. The molecule has 0 amide bonds. The van der Waals surface area contributed by atoms with E-state index in [2.05, 4.69) is 25.4 Å². The van der Waals surface area contributed by atoms with Crippen LogP contribution in [0.2, 0.25) is 0 Å². The maximum atomic E-state index is 14.8. The number of hydrogen-bond donors (Lipinski definition) is 2. The van der Waals surface area contributed by atoms with Crippen LogP contribution in [0.25, 0.3) is 27.2 Å². The van der Waals surface area contributed by atoms with Crippen molar-refractivity contribution >= 4 is 37.3 Å². The summed E-state index contributed by atoms with van der Waals surface area (Å²) in [5.74, 6) is -0.258. The minimum atomic E-state index is -3.65. The van der Waals surface area contributed by atoms with E-state index in [-0.39, 0.29) is 12.1 Å². The van der Waals surface area contributed by atoms with Gasteiger partial charge in [0, 0.05) is 19.0 Å². The third-order valence-corrected chi connectivity index (χ3v) is 9.39. The maximum Gasteiger partial charge on any atom is 0.232 e. The normalized spacial score (nSPS) is 21.2. The van der Waals surface area contributed by atoms with E-state index in [1.54, 1.807) is 22.2 Å². The minimum absolute atomic E-state index is 0.101. The number of sulfonamides is 1. The Balaban J connectivity index is 1.29. The van der Waals surface area contributed by atoms with Gasteiger partial charge >= 0.3 is 0 Å². The fraction of sp³-hybridized carbons (Fsp3) is 0.346. The zero-order valence-corrected chi connectivity index (χ0v) is 24.4. The predicted octanol–water partition coefficient (Wildman–Crippen LogP) is 2.40. The molecule has 2 aromatic carbocycles. The van der Waals surface area contributed by atoms with E-state index in [1.807, 2.05) is 25.1 Å². The lowest BCUT2D eigenvalue weighted by Gasteiger charge is -2.38. The van der Waals surface area contributed by atoms with Crippen LogP contribution in [0.1, 0.15) is 29.4 Å². The molecular weight excluding hydrogens is 587 g/mol. The number of nitrogens with zero attached hydrogens (tertiary/aromatic N) is 8. The first kappa shape index (κ1) is 28.3. The van der Waals surface area contributed by atoms with Crippen LogP contribution >= 0.6 is 11.3 Å². The van der Waals surface area contributed by atoms with E-state index < -0.39 is 46.8 Å². The summed E-state index contributed by atoms with van der Waals surface area (Å²) in [5.41, 5.74) is 2.24. The lowest BCUT2D eigenvalue weighted by molar-refractivity contribution is -0.161. The van der Waals surface area contributed by atoms with Crippen LogP contribution in [0.4, 0.5) is 10.1 Å². The number of rotatable bonds is 7. The second-order valence-corrected chi connectivity index (χ2v) is 13.3. The van der Waals surface area contributed by atoms with Crippen molar-refractivity contribution < 1.29 is 27.8 Å². The summed E-state index contributed by atoms with van der Waals surface area (Å²) in [7, 11) is -2.38. The van der Waals surface area contributed by atoms with Crippen LogP contribution in [0.15, 0.2) is 48.9 Å². The Morgan fingerprint density at radius 2 is 2.05 bits per heavy atom. The lowest BCUT2D eigenvalue weighted by Crippen LogP contribution is -2.45. The summed E-state index contributed by atoms with van der Waals surface area (Å²) >= 11 is 1.57. The average molecular weight is 615 g/mol. The third kappa shape index (κ3) is 5.15. The highest BCUT2D eigenvalue weighted by Gasteiger charge is 2.41. The number of anilines is 1. The topological polar surface area (TPSA) is 161 Å². The van der Waals surface area contributed by atoms with Gasteiger partial charge in [0.15, 0.2) is 5.82 Å². The summed E-state index contributed by atoms with van der Waals surface area (Å²) in [6.45, 7) is 1.50. The maximum absolute atomic E-state index is 14.8. The summed E-state index contributed by atoms with van der Waals surface area (Å²) in [6.07, 6.45) is 1.46. The highest BCUT2D eigenvalue weighted by Crippen LogP contribution is 2.38. The van der Waals surface area contributed by atoms with E-state index >= 15 is 0 Å². The zero-order chi connectivity index (χ0) is 29.8. The molecule has 5 aromatic rings. The molecule has 6 rings (SSSR count). The molecule has 0 radical (unpaired) electrons. The Kier molecular flexibility index (Phi) is 7.26.